The predicted octanol–water partition coefficient (Wildman–Crippen LogP) is 17.5. The zero-order valence-electron chi connectivity index (χ0n) is 74.7. The van der Waals surface area contributed by atoms with E-state index in [9.17, 15) is 14.4 Å². The Morgan fingerprint density at radius 2 is 0.811 bits per heavy atom. The molecule has 28 nitrogen and oxygen atoms in total. The highest BCUT2D eigenvalue weighted by molar-refractivity contribution is 5.96. The van der Waals surface area contributed by atoms with Gasteiger partial charge in [0.2, 0.25) is 5.91 Å². The molecular weight excluding hydrogens is 1600 g/mol. The van der Waals surface area contributed by atoms with Gasteiger partial charge in [-0.2, -0.15) is 15.3 Å². The summed E-state index contributed by atoms with van der Waals surface area (Å²) < 4.78 is 46.3. The second kappa shape index (κ2) is 42.8. The van der Waals surface area contributed by atoms with E-state index in [1.54, 1.807) is 52.1 Å². The van der Waals surface area contributed by atoms with E-state index >= 15 is 0 Å². The number of aryl methyl sites for hydroxylation is 3. The number of anilines is 3. The number of rotatable bonds is 32. The fourth-order valence-corrected chi connectivity index (χ4v) is 15.7. The molecular formula is C99H119N17O11. The summed E-state index contributed by atoms with van der Waals surface area (Å²) in [7, 11) is 9.13. The number of likely N-dealkylation sites (N-methyl/N-ethyl adjacent to an activating group) is 2. The molecule has 2 saturated carbocycles. The topological polar surface area (TPSA) is 289 Å². The van der Waals surface area contributed by atoms with Crippen LogP contribution in [0.15, 0.2) is 207 Å². The average Bonchev–Trinajstić information content (AvgIpc) is 1.64. The Morgan fingerprint density at radius 1 is 0.457 bits per heavy atom. The molecule has 9 heterocycles. The van der Waals surface area contributed by atoms with Crippen LogP contribution in [0, 0.1) is 20.8 Å². The number of nitrogens with one attached hydrogen (secondary N) is 4. The Labute approximate surface area is 743 Å². The molecule has 5 aliphatic rings. The Balaban J connectivity index is 0.000000146. The first kappa shape index (κ1) is 90.2. The SMILES string of the molecule is CN(C/C=C/C(=O)O)C1CC1.COc1ccc(Cn2nc(NC[C@@H]3CCCN3)c3c(Oc4ccc(C)cc4)ccnc32)cc1.COc1ccc(Cn2nc(NC[C@@H]3CCCN3C(=O)/C=C/CN(C)C3CC3)c3c(Oc4ccc(C)cc4)ccnc32)cc1.COc1ccc(Cn2nc(NC[C@@H]3CCCN3C(=O)OC(C)(C)C)c3c(Oc4ccc(C)cc4)ccnc32)cc1. The summed E-state index contributed by atoms with van der Waals surface area (Å²) in [6.07, 6.45) is 22.8. The number of hydrogen-bond donors (Lipinski definition) is 5. The molecule has 12 aromatic rings. The van der Waals surface area contributed by atoms with E-state index in [0.29, 0.717) is 86.2 Å². The molecule has 6 aromatic heterocycles. The fraction of sp³-hybridized carbons (Fsp3) is 0.384. The molecule has 17 rings (SSSR count). The van der Waals surface area contributed by atoms with Crippen molar-refractivity contribution in [1.29, 1.82) is 0 Å². The van der Waals surface area contributed by atoms with Crippen molar-refractivity contribution in [1.82, 2.24) is 69.2 Å². The lowest BCUT2D eigenvalue weighted by Crippen LogP contribution is -2.42. The number of aromatic nitrogens is 9. The highest BCUT2D eigenvalue weighted by Crippen LogP contribution is 2.40. The second-order valence-corrected chi connectivity index (χ2v) is 34.0. The number of likely N-dealkylation sites (tertiary alicyclic amines) is 2. The average molecular weight is 1720 g/mol. The minimum absolute atomic E-state index is 0.00484. The first-order valence-electron chi connectivity index (χ1n) is 44.0. The Kier molecular flexibility index (Phi) is 30.4. The summed E-state index contributed by atoms with van der Waals surface area (Å²) in [5.74, 6) is 8.16. The maximum absolute atomic E-state index is 13.1. The third kappa shape index (κ3) is 25.0. The number of amides is 2. The van der Waals surface area contributed by atoms with Crippen molar-refractivity contribution in [2.75, 3.05) is 104 Å². The summed E-state index contributed by atoms with van der Waals surface area (Å²) in [6, 6.07) is 55.4. The van der Waals surface area contributed by atoms with Gasteiger partial charge in [-0.3, -0.25) is 14.6 Å². The van der Waals surface area contributed by atoms with E-state index in [0.717, 1.165) is 154 Å². The Bertz CT molecular complexity index is 5680. The number of pyridine rings is 3. The van der Waals surface area contributed by atoms with Gasteiger partial charge in [-0.25, -0.2) is 38.6 Å². The normalized spacial score (nSPS) is 16.1. The number of aliphatic carboxylic acids is 1. The summed E-state index contributed by atoms with van der Waals surface area (Å²) in [5, 5.41) is 39.8. The first-order chi connectivity index (χ1) is 61.6. The lowest BCUT2D eigenvalue weighted by atomic mass is 10.2. The third-order valence-corrected chi connectivity index (χ3v) is 23.0. The summed E-state index contributed by atoms with van der Waals surface area (Å²) in [6.45, 7) is 19.5. The third-order valence-electron chi connectivity index (χ3n) is 23.0. The van der Waals surface area contributed by atoms with Crippen LogP contribution in [0.4, 0.5) is 22.2 Å². The van der Waals surface area contributed by atoms with Crippen LogP contribution >= 0.6 is 0 Å². The number of carbonyl (C=O) groups is 3. The zero-order valence-corrected chi connectivity index (χ0v) is 74.7. The van der Waals surface area contributed by atoms with Crippen molar-refractivity contribution < 1.29 is 52.6 Å². The highest BCUT2D eigenvalue weighted by Gasteiger charge is 2.34. The van der Waals surface area contributed by atoms with E-state index in [2.05, 4.69) is 74.1 Å². The van der Waals surface area contributed by atoms with Crippen molar-refractivity contribution in [2.45, 2.75) is 161 Å². The lowest BCUT2D eigenvalue weighted by molar-refractivity contribution is -0.131. The number of nitrogens with zero attached hydrogens (tertiary/aromatic N) is 13. The molecule has 666 valence electrons. The van der Waals surface area contributed by atoms with Crippen molar-refractivity contribution in [3.63, 3.8) is 0 Å². The van der Waals surface area contributed by atoms with Crippen molar-refractivity contribution in [2.24, 2.45) is 0 Å². The van der Waals surface area contributed by atoms with Gasteiger partial charge in [0.25, 0.3) is 0 Å². The number of hydrogen-bond acceptors (Lipinski definition) is 22. The second-order valence-electron chi connectivity index (χ2n) is 34.0. The number of methoxy groups -OCH3 is 3. The number of fused-ring (bicyclic) bond motifs is 3. The van der Waals surface area contributed by atoms with Gasteiger partial charge in [0.05, 0.1) is 47.0 Å². The fourth-order valence-electron chi connectivity index (χ4n) is 15.7. The Hall–Kier alpha value is -13.1. The molecule has 0 bridgehead atoms. The van der Waals surface area contributed by atoms with E-state index in [-0.39, 0.29) is 24.1 Å². The van der Waals surface area contributed by atoms with Crippen LogP contribution in [0.1, 0.15) is 118 Å². The molecule has 2 amide bonds. The lowest BCUT2D eigenvalue weighted by Gasteiger charge is -2.28. The predicted molar refractivity (Wildman–Crippen MR) is 497 cm³/mol. The van der Waals surface area contributed by atoms with Gasteiger partial charge in [0.15, 0.2) is 34.4 Å². The van der Waals surface area contributed by atoms with Gasteiger partial charge < -0.3 is 69.3 Å². The van der Waals surface area contributed by atoms with Crippen LogP contribution in [0.25, 0.3) is 33.1 Å². The molecule has 3 aliphatic heterocycles. The minimum Gasteiger partial charge on any atom is -0.497 e. The number of carboxylic acids is 1. The molecule has 3 atom stereocenters. The summed E-state index contributed by atoms with van der Waals surface area (Å²) in [5.41, 5.74) is 8.47. The largest absolute Gasteiger partial charge is 0.497 e. The van der Waals surface area contributed by atoms with Crippen LogP contribution in [-0.4, -0.2) is 211 Å². The minimum atomic E-state index is -0.866. The monoisotopic (exact) mass is 1720 g/mol. The standard InChI is InChI=1S/C34H40N6O3.C31H37N5O4.C26H29N5O2.C8H13NO2/c1-24-8-14-29(15-9-24)43-30-18-19-35-34-32(30)33(37-40(34)23-25-10-16-28(42-3)17-11-25)36-22-27-6-4-21-39(27)31(41)7-5-20-38(2)26-12-13-26;1-21-8-12-25(13-9-21)39-26-16-17-32-29-27(26)28(34-36(29)20-22-10-14-24(38-5)15-11-22)33-19-23-7-6-18-35(23)30(37)40-31(2,3)4;1-18-5-9-22(10-6-18)33-23-13-15-28-26-24(23)25(29-16-20-4-3-14-27-20)30-31(26)17-19-7-11-21(32-2)12-8-19;1-9(7-4-5-7)6-2-3-8(10)11/h5,7-11,14-19,26-27H,4,6,12-13,20-23H2,1-3H3,(H,36,37);8-17,23H,6-7,18-20H2,1-5H3,(H,33,34);5-13,15,20,27H,3-4,14,16-17H2,1-2H3,(H,29,30);2-3,7H,4-6H2,1H3,(H,10,11)/b7-5+;;;3-2+/t27-;23-;20-;/m000./s1. The quantitative estimate of drug-likeness (QED) is 0.0245. The molecule has 3 saturated heterocycles. The number of benzene rings is 6. The molecule has 0 spiro atoms. The maximum atomic E-state index is 13.1. The van der Waals surface area contributed by atoms with Crippen LogP contribution in [0.5, 0.6) is 51.7 Å². The highest BCUT2D eigenvalue weighted by atomic mass is 16.6. The molecule has 127 heavy (non-hydrogen) atoms. The van der Waals surface area contributed by atoms with Gasteiger partial charge in [-0.1, -0.05) is 102 Å². The van der Waals surface area contributed by atoms with Crippen molar-refractivity contribution in [3.05, 3.63) is 240 Å². The summed E-state index contributed by atoms with van der Waals surface area (Å²) in [4.78, 5) is 58.4. The van der Waals surface area contributed by atoms with E-state index < -0.39 is 11.6 Å². The zero-order chi connectivity index (χ0) is 88.9. The van der Waals surface area contributed by atoms with Gasteiger partial charge in [-0.15, -0.1) is 0 Å². The van der Waals surface area contributed by atoms with Gasteiger partial charge in [0.1, 0.15) is 73.5 Å². The van der Waals surface area contributed by atoms with Crippen LogP contribution in [0.3, 0.4) is 0 Å². The molecule has 2 aliphatic carbocycles. The number of carboxylic acid groups (broad SMARTS) is 1. The number of ether oxygens (including phenoxy) is 7. The van der Waals surface area contributed by atoms with Crippen LogP contribution in [-0.2, 0) is 34.0 Å². The van der Waals surface area contributed by atoms with E-state index in [1.807, 2.05) is 216 Å². The molecule has 0 radical (unpaired) electrons. The van der Waals surface area contributed by atoms with E-state index in [4.69, 9.17) is 58.5 Å². The molecule has 0 unspecified atom stereocenters. The van der Waals surface area contributed by atoms with Gasteiger partial charge in [0, 0.05) is 119 Å². The molecule has 28 heteroatoms. The molecule has 5 fully saturated rings. The van der Waals surface area contributed by atoms with Crippen LogP contribution < -0.4 is 49.7 Å². The smallest absolute Gasteiger partial charge is 0.410 e. The van der Waals surface area contributed by atoms with Gasteiger partial charge >= 0.3 is 12.1 Å². The van der Waals surface area contributed by atoms with Crippen molar-refractivity contribution in [3.8, 4) is 51.7 Å². The molecule has 6 aromatic carbocycles. The van der Waals surface area contributed by atoms with Crippen LogP contribution in [0.2, 0.25) is 0 Å². The van der Waals surface area contributed by atoms with E-state index in [1.165, 1.54) is 55.7 Å². The Morgan fingerprint density at radius 3 is 1.16 bits per heavy atom. The summed E-state index contributed by atoms with van der Waals surface area (Å²) >= 11 is 0. The van der Waals surface area contributed by atoms with Gasteiger partial charge in [-0.05, 0) is 216 Å². The van der Waals surface area contributed by atoms with Crippen molar-refractivity contribution >= 4 is 68.5 Å². The maximum Gasteiger partial charge on any atom is 0.410 e. The first-order valence-corrected chi connectivity index (χ1v) is 44.0. The number of carbonyl (C=O) groups excluding carboxylic acids is 2. The molecule has 5 N–H and O–H groups in total.